The number of rotatable bonds is 12. The Morgan fingerprint density at radius 2 is 1.02 bits per heavy atom. The lowest BCUT2D eigenvalue weighted by molar-refractivity contribution is -0.142. The Kier molecular flexibility index (Phi) is 14.5. The molecule has 0 aromatic heterocycles. The van der Waals surface area contributed by atoms with Crippen LogP contribution in [0, 0.1) is 0 Å². The molecule has 8 rings (SSSR count). The highest BCUT2D eigenvalue weighted by Gasteiger charge is 2.44. The van der Waals surface area contributed by atoms with Crippen LogP contribution in [0.1, 0.15) is 75.2 Å². The summed E-state index contributed by atoms with van der Waals surface area (Å²) < 4.78 is 11.3. The van der Waals surface area contributed by atoms with Gasteiger partial charge in [-0.05, 0) is 89.9 Å². The first-order chi connectivity index (χ1) is 30.5. The van der Waals surface area contributed by atoms with Crippen LogP contribution in [-0.2, 0) is 16.0 Å². The molecule has 2 aliphatic heterocycles. The molecule has 6 aromatic rings. The van der Waals surface area contributed by atoms with Crippen molar-refractivity contribution < 1.29 is 38.9 Å². The highest BCUT2D eigenvalue weighted by Crippen LogP contribution is 2.42. The third-order valence-electron chi connectivity index (χ3n) is 11.4. The average Bonchev–Trinajstić information content (AvgIpc) is 3.96. The van der Waals surface area contributed by atoms with Gasteiger partial charge in [0.2, 0.25) is 0 Å². The van der Waals surface area contributed by atoms with E-state index >= 15 is 0 Å². The largest absolute Gasteiger partial charge is 0.497 e. The second-order valence-corrected chi connectivity index (χ2v) is 16.1. The summed E-state index contributed by atoms with van der Waals surface area (Å²) in [5.41, 5.74) is 5.50. The molecule has 2 saturated heterocycles. The van der Waals surface area contributed by atoms with Crippen LogP contribution in [0.5, 0.6) is 11.5 Å². The maximum Gasteiger partial charge on any atom is 0.326 e. The molecule has 322 valence electrons. The quantitative estimate of drug-likeness (QED) is 0.124. The zero-order valence-corrected chi connectivity index (χ0v) is 36.0. The van der Waals surface area contributed by atoms with Gasteiger partial charge in [-0.25, -0.2) is 9.59 Å². The molecule has 4 atom stereocenters. The van der Waals surface area contributed by atoms with Gasteiger partial charge in [-0.15, -0.1) is 0 Å². The van der Waals surface area contributed by atoms with E-state index in [0.717, 1.165) is 27.8 Å². The van der Waals surface area contributed by atoms with Gasteiger partial charge in [-0.1, -0.05) is 132 Å². The van der Waals surface area contributed by atoms with Crippen LogP contribution in [-0.4, -0.2) is 69.6 Å². The molecular formula is C51H46Cl2N2O8. The molecule has 12 heteroatoms. The van der Waals surface area contributed by atoms with E-state index in [9.17, 15) is 29.4 Å². The van der Waals surface area contributed by atoms with Crippen LogP contribution < -0.4 is 9.47 Å². The normalized spacial score (nSPS) is 18.0. The number of likely N-dealkylation sites (tertiary alicyclic amines) is 2. The summed E-state index contributed by atoms with van der Waals surface area (Å²) in [5, 5.41) is 20.5. The summed E-state index contributed by atoms with van der Waals surface area (Å²) >= 11 is 12.8. The maximum absolute atomic E-state index is 13.7. The fourth-order valence-corrected chi connectivity index (χ4v) is 8.86. The Morgan fingerprint density at radius 1 is 0.556 bits per heavy atom. The number of aliphatic carboxylic acids is 2. The molecule has 0 radical (unpaired) electrons. The molecule has 0 saturated carbocycles. The van der Waals surface area contributed by atoms with E-state index in [1.165, 1.54) is 16.9 Å². The lowest BCUT2D eigenvalue weighted by atomic mass is 10.0. The molecular weight excluding hydrogens is 839 g/mol. The monoisotopic (exact) mass is 884 g/mol. The van der Waals surface area contributed by atoms with Gasteiger partial charge in [0.05, 0.1) is 25.8 Å². The van der Waals surface area contributed by atoms with Crippen LogP contribution in [0.4, 0.5) is 0 Å². The maximum atomic E-state index is 13.7. The van der Waals surface area contributed by atoms with Gasteiger partial charge in [0.15, 0.2) is 0 Å². The number of ether oxygens (including phenoxy) is 2. The Labute approximate surface area is 376 Å². The number of methoxy groups -OCH3 is 1. The van der Waals surface area contributed by atoms with E-state index in [4.69, 9.17) is 32.7 Å². The standard InChI is InChI=1S/C27H26ClNO5.C24H20ClNO3/c1-33-20-15-19(16-21(17-20)34-14-13-18-7-3-2-4-8-18)26(30)29-24(11-12-25(29)27(31)32)22-9-5-6-10-23(22)28;25-20-9-5-4-8-19(20)21-14-15-22(24(28)29)26(21)23(27)18-12-10-17(11-13-18)16-6-2-1-3-7-16/h2-10,15-17,24-25H,11-14H2,1H3,(H,31,32);1-13,21-22H,14-15H2,(H,28,29)/t24-,25+;21-,22+/m11/s1. The van der Waals surface area contributed by atoms with Gasteiger partial charge in [-0.3, -0.25) is 9.59 Å². The fraction of sp³-hybridized carbons (Fsp3) is 0.216. The third-order valence-corrected chi connectivity index (χ3v) is 12.1. The fourth-order valence-electron chi connectivity index (χ4n) is 8.34. The van der Waals surface area contributed by atoms with Crippen LogP contribution >= 0.6 is 23.2 Å². The van der Waals surface area contributed by atoms with Crippen LogP contribution in [0.25, 0.3) is 11.1 Å². The number of hydrogen-bond acceptors (Lipinski definition) is 6. The minimum atomic E-state index is -1.04. The molecule has 63 heavy (non-hydrogen) atoms. The van der Waals surface area contributed by atoms with E-state index in [0.29, 0.717) is 71.4 Å². The van der Waals surface area contributed by atoms with Gasteiger partial charge in [0.25, 0.3) is 11.8 Å². The number of benzene rings is 6. The molecule has 0 spiro atoms. The van der Waals surface area contributed by atoms with Gasteiger partial charge in [-0.2, -0.15) is 0 Å². The lowest BCUT2D eigenvalue weighted by Gasteiger charge is -2.29. The van der Waals surface area contributed by atoms with Crippen molar-refractivity contribution in [3.05, 3.63) is 190 Å². The number of carbonyl (C=O) groups is 4. The highest BCUT2D eigenvalue weighted by atomic mass is 35.5. The summed E-state index contributed by atoms with van der Waals surface area (Å²) in [7, 11) is 1.51. The van der Waals surface area contributed by atoms with E-state index in [1.807, 2.05) is 109 Å². The van der Waals surface area contributed by atoms with Crippen molar-refractivity contribution in [1.82, 2.24) is 9.80 Å². The van der Waals surface area contributed by atoms with Crippen molar-refractivity contribution in [2.24, 2.45) is 0 Å². The third kappa shape index (κ3) is 10.4. The molecule has 2 aliphatic rings. The van der Waals surface area contributed by atoms with Crippen LogP contribution in [0.15, 0.2) is 152 Å². The number of nitrogens with zero attached hydrogens (tertiary/aromatic N) is 2. The number of amides is 2. The molecule has 0 aliphatic carbocycles. The molecule has 6 aromatic carbocycles. The van der Waals surface area contributed by atoms with Gasteiger partial charge in [0.1, 0.15) is 23.6 Å². The first-order valence-electron chi connectivity index (χ1n) is 20.6. The highest BCUT2D eigenvalue weighted by molar-refractivity contribution is 6.31. The number of hydrogen-bond donors (Lipinski definition) is 2. The van der Waals surface area contributed by atoms with Crippen molar-refractivity contribution in [3.8, 4) is 22.6 Å². The van der Waals surface area contributed by atoms with E-state index < -0.39 is 36.0 Å². The average molecular weight is 886 g/mol. The summed E-state index contributed by atoms with van der Waals surface area (Å²) in [5.74, 6) is -1.78. The Hall–Kier alpha value is -6.62. The number of carboxylic acids is 2. The summed E-state index contributed by atoms with van der Waals surface area (Å²) in [6.45, 7) is 0.425. The number of halogens is 2. The predicted octanol–water partition coefficient (Wildman–Crippen LogP) is 10.8. The Balaban J connectivity index is 0.000000191. The number of carbonyl (C=O) groups excluding carboxylic acids is 2. The first kappa shape index (κ1) is 44.4. The molecule has 0 unspecified atom stereocenters. The molecule has 0 bridgehead atoms. The Morgan fingerprint density at radius 3 is 1.52 bits per heavy atom. The van der Waals surface area contributed by atoms with Crippen molar-refractivity contribution in [2.75, 3.05) is 13.7 Å². The van der Waals surface area contributed by atoms with Gasteiger partial charge in [0, 0.05) is 33.7 Å². The van der Waals surface area contributed by atoms with Gasteiger partial charge < -0.3 is 29.5 Å². The second kappa shape index (κ2) is 20.5. The van der Waals surface area contributed by atoms with Crippen molar-refractivity contribution >= 4 is 47.0 Å². The van der Waals surface area contributed by atoms with E-state index in [1.54, 1.807) is 42.5 Å². The summed E-state index contributed by atoms with van der Waals surface area (Å²) in [4.78, 5) is 53.7. The Bertz CT molecular complexity index is 2560. The summed E-state index contributed by atoms with van der Waals surface area (Å²) in [6.07, 6.45) is 2.54. The molecule has 2 N–H and O–H groups in total. The molecule has 10 nitrogen and oxygen atoms in total. The zero-order valence-electron chi connectivity index (χ0n) is 34.5. The van der Waals surface area contributed by atoms with Crippen LogP contribution in [0.3, 0.4) is 0 Å². The second-order valence-electron chi connectivity index (χ2n) is 15.3. The van der Waals surface area contributed by atoms with Crippen molar-refractivity contribution in [2.45, 2.75) is 56.3 Å². The van der Waals surface area contributed by atoms with Crippen molar-refractivity contribution in [1.29, 1.82) is 0 Å². The predicted molar refractivity (Wildman–Crippen MR) is 243 cm³/mol. The van der Waals surface area contributed by atoms with Crippen molar-refractivity contribution in [3.63, 3.8) is 0 Å². The lowest BCUT2D eigenvalue weighted by Crippen LogP contribution is -2.41. The minimum absolute atomic E-state index is 0.292. The minimum Gasteiger partial charge on any atom is -0.497 e. The molecule has 2 heterocycles. The summed E-state index contributed by atoms with van der Waals surface area (Å²) in [6, 6.07) is 44.0. The van der Waals surface area contributed by atoms with Gasteiger partial charge >= 0.3 is 11.9 Å². The SMILES string of the molecule is COc1cc(OCCc2ccccc2)cc(C(=O)N2[C@@H](c3ccccc3Cl)CC[C@H]2C(=O)O)c1.O=C(O)[C@@H]1CC[C@H](c2ccccc2Cl)N1C(=O)c1ccc(-c2ccccc2)cc1. The van der Waals surface area contributed by atoms with Crippen LogP contribution in [0.2, 0.25) is 10.0 Å². The smallest absolute Gasteiger partial charge is 0.326 e. The van der Waals surface area contributed by atoms with E-state index in [2.05, 4.69) is 0 Å². The molecule has 2 fully saturated rings. The molecule has 2 amide bonds. The topological polar surface area (TPSA) is 134 Å². The first-order valence-corrected chi connectivity index (χ1v) is 21.4. The van der Waals surface area contributed by atoms with E-state index in [-0.39, 0.29) is 11.9 Å². The zero-order chi connectivity index (χ0) is 44.5. The number of carboxylic acid groups (broad SMARTS) is 2.